The van der Waals surface area contributed by atoms with E-state index in [9.17, 15) is 4.79 Å². The molecule has 4 nitrogen and oxygen atoms in total. The second-order valence-corrected chi connectivity index (χ2v) is 7.46. The van der Waals surface area contributed by atoms with Crippen molar-refractivity contribution in [1.29, 1.82) is 0 Å². The Labute approximate surface area is 134 Å². The van der Waals surface area contributed by atoms with Crippen LogP contribution in [-0.2, 0) is 5.75 Å². The van der Waals surface area contributed by atoms with Crippen LogP contribution in [0.3, 0.4) is 0 Å². The second-order valence-electron chi connectivity index (χ2n) is 6.17. The number of aryl methyl sites for hydroxylation is 1. The van der Waals surface area contributed by atoms with Gasteiger partial charge in [-0.05, 0) is 56.7 Å². The third kappa shape index (κ3) is 3.36. The van der Waals surface area contributed by atoms with Crippen LogP contribution in [0.5, 0.6) is 0 Å². The largest absolute Gasteiger partial charge is 0.330 e. The normalized spacial score (nSPS) is 22.1. The van der Waals surface area contributed by atoms with Gasteiger partial charge in [0, 0.05) is 5.25 Å². The fourth-order valence-electron chi connectivity index (χ4n) is 3.15. The van der Waals surface area contributed by atoms with Gasteiger partial charge in [-0.1, -0.05) is 12.1 Å². The average molecular weight is 317 g/mol. The van der Waals surface area contributed by atoms with Gasteiger partial charge in [0.2, 0.25) is 0 Å². The highest BCUT2D eigenvalue weighted by atomic mass is 32.2. The molecule has 1 aromatic heterocycles. The fraction of sp³-hybridized carbons (Fsp3) is 0.529. The summed E-state index contributed by atoms with van der Waals surface area (Å²) in [5.41, 5.74) is 7.59. The van der Waals surface area contributed by atoms with Crippen molar-refractivity contribution < 1.29 is 0 Å². The Morgan fingerprint density at radius 2 is 2.09 bits per heavy atom. The smallest absolute Gasteiger partial charge is 0.258 e. The van der Waals surface area contributed by atoms with Gasteiger partial charge in [-0.2, -0.15) is 11.8 Å². The highest BCUT2D eigenvalue weighted by Crippen LogP contribution is 2.32. The minimum Gasteiger partial charge on any atom is -0.330 e. The quantitative estimate of drug-likeness (QED) is 0.909. The topological polar surface area (TPSA) is 71.8 Å². The number of aromatic nitrogens is 2. The number of benzene rings is 1. The molecule has 3 N–H and O–H groups in total. The van der Waals surface area contributed by atoms with Crippen molar-refractivity contribution in [2.24, 2.45) is 11.7 Å². The number of nitrogens with zero attached hydrogens (tertiary/aromatic N) is 1. The summed E-state index contributed by atoms with van der Waals surface area (Å²) in [7, 11) is 0. The minimum atomic E-state index is -0.0314. The maximum atomic E-state index is 12.2. The molecule has 22 heavy (non-hydrogen) atoms. The van der Waals surface area contributed by atoms with Crippen molar-refractivity contribution >= 4 is 22.7 Å². The summed E-state index contributed by atoms with van der Waals surface area (Å²) < 4.78 is 0. The van der Waals surface area contributed by atoms with Gasteiger partial charge in [0.1, 0.15) is 5.82 Å². The molecule has 1 aromatic carbocycles. The maximum absolute atomic E-state index is 12.2. The first-order valence-electron chi connectivity index (χ1n) is 7.97. The van der Waals surface area contributed by atoms with Crippen LogP contribution in [0.15, 0.2) is 23.0 Å². The summed E-state index contributed by atoms with van der Waals surface area (Å²) >= 11 is 1.91. The molecule has 0 saturated heterocycles. The lowest BCUT2D eigenvalue weighted by atomic mass is 9.89. The van der Waals surface area contributed by atoms with E-state index >= 15 is 0 Å². The molecule has 0 radical (unpaired) electrons. The van der Waals surface area contributed by atoms with Gasteiger partial charge in [0.15, 0.2) is 0 Å². The summed E-state index contributed by atoms with van der Waals surface area (Å²) in [6.07, 6.45) is 4.91. The summed E-state index contributed by atoms with van der Waals surface area (Å²) in [5, 5.41) is 1.35. The first kappa shape index (κ1) is 15.6. The van der Waals surface area contributed by atoms with Gasteiger partial charge in [0.05, 0.1) is 16.7 Å². The first-order valence-corrected chi connectivity index (χ1v) is 9.02. The summed E-state index contributed by atoms with van der Waals surface area (Å²) in [5.74, 6) is 2.27. The van der Waals surface area contributed by atoms with Gasteiger partial charge in [0.25, 0.3) is 5.56 Å². The van der Waals surface area contributed by atoms with E-state index in [-0.39, 0.29) is 5.56 Å². The molecule has 1 aliphatic rings. The number of para-hydroxylation sites is 1. The van der Waals surface area contributed by atoms with Gasteiger partial charge in [-0.3, -0.25) is 4.79 Å². The number of fused-ring (bicyclic) bond motifs is 1. The van der Waals surface area contributed by atoms with E-state index in [1.165, 1.54) is 25.7 Å². The molecule has 5 heteroatoms. The summed E-state index contributed by atoms with van der Waals surface area (Å²) in [6, 6.07) is 5.73. The van der Waals surface area contributed by atoms with Crippen molar-refractivity contribution in [2.45, 2.75) is 43.6 Å². The monoisotopic (exact) mass is 317 g/mol. The van der Waals surface area contributed by atoms with Crippen molar-refractivity contribution in [3.05, 3.63) is 39.9 Å². The summed E-state index contributed by atoms with van der Waals surface area (Å²) in [4.78, 5) is 19.8. The Balaban J connectivity index is 1.70. The number of aromatic amines is 1. The predicted octanol–water partition coefficient (Wildman–Crippen LogP) is 2.98. The molecule has 1 saturated carbocycles. The first-order chi connectivity index (χ1) is 10.7. The van der Waals surface area contributed by atoms with Crippen LogP contribution >= 0.6 is 11.8 Å². The lowest BCUT2D eigenvalue weighted by Crippen LogP contribution is -2.22. The Bertz CT molecular complexity index is 705. The van der Waals surface area contributed by atoms with E-state index < -0.39 is 0 Å². The lowest BCUT2D eigenvalue weighted by Gasteiger charge is -2.27. The molecular formula is C17H23N3OS. The van der Waals surface area contributed by atoms with E-state index in [1.54, 1.807) is 0 Å². The second kappa shape index (κ2) is 6.84. The molecule has 0 bridgehead atoms. The Morgan fingerprint density at radius 1 is 1.32 bits per heavy atom. The average Bonchev–Trinajstić information content (AvgIpc) is 2.54. The van der Waals surface area contributed by atoms with Crippen molar-refractivity contribution in [2.75, 3.05) is 6.54 Å². The zero-order valence-electron chi connectivity index (χ0n) is 13.0. The maximum Gasteiger partial charge on any atom is 0.258 e. The molecule has 0 spiro atoms. The molecule has 0 amide bonds. The van der Waals surface area contributed by atoms with Gasteiger partial charge in [-0.15, -0.1) is 0 Å². The molecule has 2 aromatic rings. The highest BCUT2D eigenvalue weighted by molar-refractivity contribution is 7.99. The third-order valence-electron chi connectivity index (χ3n) is 4.57. The number of hydrogen-bond donors (Lipinski definition) is 2. The number of nitrogens with two attached hydrogens (primary N) is 1. The van der Waals surface area contributed by atoms with Crippen LogP contribution < -0.4 is 11.3 Å². The molecule has 0 aliphatic heterocycles. The van der Waals surface area contributed by atoms with Crippen molar-refractivity contribution in [1.82, 2.24) is 9.97 Å². The fourth-order valence-corrected chi connectivity index (χ4v) is 4.29. The molecule has 1 aliphatic carbocycles. The Kier molecular flexibility index (Phi) is 4.84. The standard InChI is InChI=1S/C17H23N3OS/c1-11-3-2-4-14-16(11)19-15(20-17(14)21)10-22-13-7-5-12(9-18)6-8-13/h2-4,12-13H,5-10,18H2,1H3,(H,19,20,21)/t12-,13-. The number of hydrogen-bond acceptors (Lipinski definition) is 4. The van der Waals surface area contributed by atoms with Gasteiger partial charge >= 0.3 is 0 Å². The zero-order valence-corrected chi connectivity index (χ0v) is 13.8. The molecule has 1 heterocycles. The third-order valence-corrected chi connectivity index (χ3v) is 5.95. The van der Waals surface area contributed by atoms with Gasteiger partial charge in [-0.25, -0.2) is 4.98 Å². The Hall–Kier alpha value is -1.33. The zero-order chi connectivity index (χ0) is 15.5. The SMILES string of the molecule is Cc1cccc2c(=O)[nH]c(CS[C@H]3CC[C@H](CN)CC3)nc12. The molecular weight excluding hydrogens is 294 g/mol. The Morgan fingerprint density at radius 3 is 2.82 bits per heavy atom. The molecule has 3 rings (SSSR count). The lowest BCUT2D eigenvalue weighted by molar-refractivity contribution is 0.373. The molecule has 0 atom stereocenters. The summed E-state index contributed by atoms with van der Waals surface area (Å²) in [6.45, 7) is 2.82. The van der Waals surface area contributed by atoms with Crippen LogP contribution in [0.2, 0.25) is 0 Å². The van der Waals surface area contributed by atoms with Crippen LogP contribution in [0, 0.1) is 12.8 Å². The highest BCUT2D eigenvalue weighted by Gasteiger charge is 2.20. The van der Waals surface area contributed by atoms with E-state index in [1.807, 2.05) is 36.9 Å². The van der Waals surface area contributed by atoms with Crippen LogP contribution in [0.25, 0.3) is 10.9 Å². The van der Waals surface area contributed by atoms with Crippen LogP contribution in [0.1, 0.15) is 37.1 Å². The number of thioether (sulfide) groups is 1. The minimum absolute atomic E-state index is 0.0314. The van der Waals surface area contributed by atoms with Crippen molar-refractivity contribution in [3.63, 3.8) is 0 Å². The van der Waals surface area contributed by atoms with E-state index in [0.29, 0.717) is 16.6 Å². The van der Waals surface area contributed by atoms with E-state index in [4.69, 9.17) is 5.73 Å². The number of H-pyrrole nitrogens is 1. The van der Waals surface area contributed by atoms with Gasteiger partial charge < -0.3 is 10.7 Å². The van der Waals surface area contributed by atoms with Crippen molar-refractivity contribution in [3.8, 4) is 0 Å². The van der Waals surface area contributed by atoms with E-state index in [0.717, 1.165) is 29.2 Å². The number of rotatable bonds is 4. The molecule has 1 fully saturated rings. The van der Waals surface area contributed by atoms with Crippen LogP contribution in [-0.4, -0.2) is 21.8 Å². The molecule has 118 valence electrons. The molecule has 0 unspecified atom stereocenters. The van der Waals surface area contributed by atoms with Crippen LogP contribution in [0.4, 0.5) is 0 Å². The predicted molar refractivity (Wildman–Crippen MR) is 93.2 cm³/mol. The van der Waals surface area contributed by atoms with E-state index in [2.05, 4.69) is 9.97 Å². The number of nitrogens with one attached hydrogen (secondary N) is 1.